The van der Waals surface area contributed by atoms with E-state index >= 15 is 0 Å². The van der Waals surface area contributed by atoms with Crippen LogP contribution in [0.15, 0.2) is 18.2 Å². The molecule has 1 amide bonds. The van der Waals surface area contributed by atoms with Crippen LogP contribution in [-0.4, -0.2) is 32.6 Å². The van der Waals surface area contributed by atoms with Crippen LogP contribution in [0.25, 0.3) is 0 Å². The summed E-state index contributed by atoms with van der Waals surface area (Å²) in [4.78, 5) is 24.6. The van der Waals surface area contributed by atoms with E-state index in [2.05, 4.69) is 10.1 Å². The molecule has 5 nitrogen and oxygen atoms in total. The van der Waals surface area contributed by atoms with Gasteiger partial charge in [0.05, 0.1) is 6.61 Å². The molecule has 0 aliphatic carbocycles. The lowest BCUT2D eigenvalue weighted by atomic mass is 10.1. The normalized spacial score (nSPS) is 9.78. The van der Waals surface area contributed by atoms with Gasteiger partial charge in [0.1, 0.15) is 0 Å². The summed E-state index contributed by atoms with van der Waals surface area (Å²) in [5.41, 5.74) is 2.65. The highest BCUT2D eigenvalue weighted by molar-refractivity contribution is 6.37. The van der Waals surface area contributed by atoms with E-state index in [0.29, 0.717) is 5.69 Å². The first-order chi connectivity index (χ1) is 8.45. The van der Waals surface area contributed by atoms with E-state index in [-0.39, 0.29) is 6.61 Å². The number of esters is 1. The lowest BCUT2D eigenvalue weighted by Gasteiger charge is -2.17. The summed E-state index contributed by atoms with van der Waals surface area (Å²) in [5, 5.41) is 2.51. The number of carbonyl (C=O) groups excluding carboxylic acids is 2. The maximum absolute atomic E-state index is 11.5. The summed E-state index contributed by atoms with van der Waals surface area (Å²) < 4.78 is 4.62. The fourth-order valence-electron chi connectivity index (χ4n) is 1.55. The van der Waals surface area contributed by atoms with Crippen LogP contribution in [0.2, 0.25) is 0 Å². The predicted octanol–water partition coefficient (Wildman–Crippen LogP) is 1.56. The van der Waals surface area contributed by atoms with Crippen LogP contribution in [0.4, 0.5) is 11.4 Å². The minimum absolute atomic E-state index is 0.184. The summed E-state index contributed by atoms with van der Waals surface area (Å²) in [5.74, 6) is -1.63. The number of amides is 1. The molecule has 0 saturated carbocycles. The maximum atomic E-state index is 11.5. The molecule has 0 aliphatic heterocycles. The van der Waals surface area contributed by atoms with Crippen molar-refractivity contribution in [3.63, 3.8) is 0 Å². The first-order valence-electron chi connectivity index (χ1n) is 5.71. The van der Waals surface area contributed by atoms with Gasteiger partial charge in [-0.15, -0.1) is 0 Å². The van der Waals surface area contributed by atoms with Crippen molar-refractivity contribution in [1.82, 2.24) is 0 Å². The smallest absolute Gasteiger partial charge is 0.397 e. The van der Waals surface area contributed by atoms with Crippen LogP contribution < -0.4 is 10.2 Å². The number of hydrogen-bond donors (Lipinski definition) is 1. The zero-order chi connectivity index (χ0) is 13.7. The lowest BCUT2D eigenvalue weighted by molar-refractivity contribution is -0.152. The molecular weight excluding hydrogens is 232 g/mol. The standard InChI is InChI=1S/C13H18N2O3/c1-5-18-13(17)12(16)14-10-7-6-9(2)11(8-10)15(3)4/h6-8H,5H2,1-4H3,(H,14,16). The largest absolute Gasteiger partial charge is 0.459 e. The van der Waals surface area contributed by atoms with Crippen LogP contribution >= 0.6 is 0 Å². The van der Waals surface area contributed by atoms with Crippen molar-refractivity contribution >= 4 is 23.3 Å². The number of nitrogens with one attached hydrogen (secondary N) is 1. The van der Waals surface area contributed by atoms with E-state index in [1.807, 2.05) is 38.1 Å². The van der Waals surface area contributed by atoms with Crippen LogP contribution in [0, 0.1) is 6.92 Å². The number of nitrogens with zero attached hydrogens (tertiary/aromatic N) is 1. The Balaban J connectivity index is 2.82. The summed E-state index contributed by atoms with van der Waals surface area (Å²) >= 11 is 0. The Bertz CT molecular complexity index is 456. The Kier molecular flexibility index (Phi) is 4.71. The van der Waals surface area contributed by atoms with Gasteiger partial charge in [-0.05, 0) is 31.5 Å². The quantitative estimate of drug-likeness (QED) is 0.653. The minimum Gasteiger partial charge on any atom is -0.459 e. The molecule has 0 atom stereocenters. The molecule has 1 rings (SSSR count). The highest BCUT2D eigenvalue weighted by atomic mass is 16.5. The fourth-order valence-corrected chi connectivity index (χ4v) is 1.55. The average molecular weight is 250 g/mol. The topological polar surface area (TPSA) is 58.6 Å². The van der Waals surface area contributed by atoms with Crippen molar-refractivity contribution in [1.29, 1.82) is 0 Å². The van der Waals surface area contributed by atoms with Crippen molar-refractivity contribution < 1.29 is 14.3 Å². The molecule has 0 fully saturated rings. The molecule has 0 radical (unpaired) electrons. The van der Waals surface area contributed by atoms with Crippen molar-refractivity contribution in [3.05, 3.63) is 23.8 Å². The number of anilines is 2. The van der Waals surface area contributed by atoms with Crippen LogP contribution in [-0.2, 0) is 14.3 Å². The predicted molar refractivity (Wildman–Crippen MR) is 70.8 cm³/mol. The van der Waals surface area contributed by atoms with Crippen LogP contribution in [0.1, 0.15) is 12.5 Å². The molecule has 0 unspecified atom stereocenters. The molecule has 1 aromatic carbocycles. The van der Waals surface area contributed by atoms with E-state index < -0.39 is 11.9 Å². The van der Waals surface area contributed by atoms with E-state index in [9.17, 15) is 9.59 Å². The van der Waals surface area contributed by atoms with Gasteiger partial charge >= 0.3 is 11.9 Å². The number of carbonyl (C=O) groups is 2. The Morgan fingerprint density at radius 3 is 2.56 bits per heavy atom. The Hall–Kier alpha value is -2.04. The summed E-state index contributed by atoms with van der Waals surface area (Å²) in [6, 6.07) is 5.45. The summed E-state index contributed by atoms with van der Waals surface area (Å²) in [6.07, 6.45) is 0. The molecule has 0 bridgehead atoms. The molecule has 0 saturated heterocycles. The third-order valence-electron chi connectivity index (χ3n) is 2.41. The molecule has 0 spiro atoms. The fraction of sp³-hybridized carbons (Fsp3) is 0.385. The number of benzene rings is 1. The maximum Gasteiger partial charge on any atom is 0.397 e. The van der Waals surface area contributed by atoms with Gasteiger partial charge in [0.15, 0.2) is 0 Å². The van der Waals surface area contributed by atoms with Gasteiger partial charge < -0.3 is 15.0 Å². The van der Waals surface area contributed by atoms with Gasteiger partial charge in [-0.2, -0.15) is 0 Å². The third-order valence-corrected chi connectivity index (χ3v) is 2.41. The van der Waals surface area contributed by atoms with Crippen molar-refractivity contribution in [2.75, 3.05) is 30.9 Å². The zero-order valence-electron chi connectivity index (χ0n) is 11.1. The first-order valence-corrected chi connectivity index (χ1v) is 5.71. The Morgan fingerprint density at radius 2 is 2.00 bits per heavy atom. The highest BCUT2D eigenvalue weighted by Gasteiger charge is 2.15. The summed E-state index contributed by atoms with van der Waals surface area (Å²) in [7, 11) is 3.83. The van der Waals surface area contributed by atoms with Gasteiger partial charge in [-0.3, -0.25) is 4.79 Å². The van der Waals surface area contributed by atoms with Crippen LogP contribution in [0.5, 0.6) is 0 Å². The Morgan fingerprint density at radius 1 is 1.33 bits per heavy atom. The SMILES string of the molecule is CCOC(=O)C(=O)Nc1ccc(C)c(N(C)C)c1. The van der Waals surface area contributed by atoms with Gasteiger partial charge in [0, 0.05) is 25.5 Å². The van der Waals surface area contributed by atoms with Gasteiger partial charge in [0.25, 0.3) is 0 Å². The molecule has 1 aromatic rings. The van der Waals surface area contributed by atoms with Gasteiger partial charge in [0.2, 0.25) is 0 Å². The van der Waals surface area contributed by atoms with E-state index in [1.165, 1.54) is 0 Å². The lowest BCUT2D eigenvalue weighted by Crippen LogP contribution is -2.25. The second kappa shape index (κ2) is 6.05. The zero-order valence-corrected chi connectivity index (χ0v) is 11.1. The molecular formula is C13H18N2O3. The minimum atomic E-state index is -0.871. The number of rotatable bonds is 3. The van der Waals surface area contributed by atoms with Gasteiger partial charge in [-0.1, -0.05) is 6.07 Å². The molecule has 98 valence electrons. The molecule has 0 aliphatic rings. The molecule has 1 N–H and O–H groups in total. The monoisotopic (exact) mass is 250 g/mol. The molecule has 18 heavy (non-hydrogen) atoms. The second-order valence-corrected chi connectivity index (χ2v) is 4.07. The summed E-state index contributed by atoms with van der Waals surface area (Å²) in [6.45, 7) is 3.82. The number of aryl methyl sites for hydroxylation is 1. The number of ether oxygens (including phenoxy) is 1. The van der Waals surface area contributed by atoms with Gasteiger partial charge in [-0.25, -0.2) is 4.79 Å². The molecule has 0 aromatic heterocycles. The number of hydrogen-bond acceptors (Lipinski definition) is 4. The van der Waals surface area contributed by atoms with E-state index in [4.69, 9.17) is 0 Å². The molecule has 0 heterocycles. The van der Waals surface area contributed by atoms with E-state index in [1.54, 1.807) is 13.0 Å². The van der Waals surface area contributed by atoms with Crippen molar-refractivity contribution in [2.45, 2.75) is 13.8 Å². The second-order valence-electron chi connectivity index (χ2n) is 4.07. The highest BCUT2D eigenvalue weighted by Crippen LogP contribution is 2.22. The van der Waals surface area contributed by atoms with Crippen molar-refractivity contribution in [2.24, 2.45) is 0 Å². The van der Waals surface area contributed by atoms with E-state index in [0.717, 1.165) is 11.3 Å². The average Bonchev–Trinajstić information content (AvgIpc) is 2.31. The first kappa shape index (κ1) is 14.0. The third kappa shape index (κ3) is 3.48. The van der Waals surface area contributed by atoms with Crippen LogP contribution in [0.3, 0.4) is 0 Å². The Labute approximate surface area is 107 Å². The van der Waals surface area contributed by atoms with Crippen molar-refractivity contribution in [3.8, 4) is 0 Å². The molecule has 5 heteroatoms.